The molecule has 1 aliphatic carbocycles. The number of nitrogens with one attached hydrogen (secondary N) is 1. The van der Waals surface area contributed by atoms with Crippen molar-refractivity contribution in [2.24, 2.45) is 0 Å². The predicted octanol–water partition coefficient (Wildman–Crippen LogP) is 4.00. The molecule has 2 amide bonds. The maximum absolute atomic E-state index is 13.6. The predicted molar refractivity (Wildman–Crippen MR) is 118 cm³/mol. The van der Waals surface area contributed by atoms with Crippen LogP contribution in [-0.2, 0) is 4.79 Å². The number of para-hydroxylation sites is 1. The number of hydrogen-bond donors (Lipinski definition) is 2. The second-order valence-electron chi connectivity index (χ2n) is 8.65. The third kappa shape index (κ3) is 4.81. The molecule has 2 fully saturated rings. The van der Waals surface area contributed by atoms with Gasteiger partial charge in [0.2, 0.25) is 0 Å². The summed E-state index contributed by atoms with van der Waals surface area (Å²) < 4.78 is 5.63. The summed E-state index contributed by atoms with van der Waals surface area (Å²) in [5, 5.41) is 14.0. The number of rotatable bonds is 6. The molecule has 31 heavy (non-hydrogen) atoms. The maximum atomic E-state index is 13.6. The molecule has 2 aromatic rings. The zero-order valence-electron chi connectivity index (χ0n) is 17.8. The second-order valence-corrected chi connectivity index (χ2v) is 8.65. The van der Waals surface area contributed by atoms with E-state index in [-0.39, 0.29) is 16.4 Å². The Kier molecular flexibility index (Phi) is 6.68. The van der Waals surface area contributed by atoms with Crippen LogP contribution in [0, 0.1) is 0 Å². The molecule has 4 rings (SSSR count). The van der Waals surface area contributed by atoms with Gasteiger partial charge in [0, 0.05) is 18.9 Å². The average Bonchev–Trinajstić information content (AvgIpc) is 3.31. The van der Waals surface area contributed by atoms with Gasteiger partial charge in [-0.15, -0.1) is 0 Å². The highest BCUT2D eigenvalue weighted by Gasteiger charge is 2.50. The van der Waals surface area contributed by atoms with Crippen molar-refractivity contribution in [1.82, 2.24) is 5.32 Å². The molecule has 1 atom stereocenters. The number of aliphatic hydroxyl groups is 1. The van der Waals surface area contributed by atoms with Gasteiger partial charge in [0.25, 0.3) is 6.23 Å². The fraction of sp³-hybridized carbons (Fsp3) is 0.440. The Morgan fingerprint density at radius 3 is 2.29 bits per heavy atom. The lowest BCUT2D eigenvalue weighted by atomic mass is 9.95. The number of carbonyl (C=O) groups excluding carboxylic acids is 2. The lowest BCUT2D eigenvalue weighted by Gasteiger charge is -2.35. The summed E-state index contributed by atoms with van der Waals surface area (Å²) in [5.41, 5.74) is 0.444. The van der Waals surface area contributed by atoms with Gasteiger partial charge in [-0.1, -0.05) is 43.5 Å². The molecule has 1 saturated carbocycles. The first kappa shape index (κ1) is 21.5. The Labute approximate surface area is 183 Å². The van der Waals surface area contributed by atoms with E-state index in [9.17, 15) is 14.7 Å². The van der Waals surface area contributed by atoms with Crippen LogP contribution in [0.25, 0.3) is 0 Å². The first-order valence-electron chi connectivity index (χ1n) is 11.3. The molecular weight excluding hydrogens is 392 g/mol. The van der Waals surface area contributed by atoms with Crippen molar-refractivity contribution >= 4 is 11.8 Å². The minimum atomic E-state index is -1.39. The number of amides is 2. The van der Waals surface area contributed by atoms with Crippen molar-refractivity contribution in [2.45, 2.75) is 57.2 Å². The number of hydrogen-bond acceptors (Lipinski definition) is 4. The van der Waals surface area contributed by atoms with E-state index < -0.39 is 12.1 Å². The van der Waals surface area contributed by atoms with Gasteiger partial charge in [0.1, 0.15) is 11.5 Å². The molecule has 6 heteroatoms. The Balaban J connectivity index is 1.52. The molecule has 2 N–H and O–H groups in total. The van der Waals surface area contributed by atoms with Crippen LogP contribution in [0.15, 0.2) is 54.6 Å². The van der Waals surface area contributed by atoms with E-state index in [0.717, 1.165) is 38.5 Å². The van der Waals surface area contributed by atoms with E-state index in [4.69, 9.17) is 4.74 Å². The van der Waals surface area contributed by atoms with Gasteiger partial charge in [0.05, 0.1) is 18.7 Å². The van der Waals surface area contributed by atoms with Gasteiger partial charge in [0.15, 0.2) is 0 Å². The van der Waals surface area contributed by atoms with Crippen molar-refractivity contribution in [3.8, 4) is 11.5 Å². The number of ether oxygens (including phenoxy) is 1. The molecule has 1 unspecified atom stereocenters. The molecule has 0 spiro atoms. The normalized spacial score (nSPS) is 19.5. The maximum Gasteiger partial charge on any atom is 0.348 e. The van der Waals surface area contributed by atoms with Crippen LogP contribution in [0.5, 0.6) is 11.5 Å². The fourth-order valence-electron chi connectivity index (χ4n) is 4.78. The van der Waals surface area contributed by atoms with Gasteiger partial charge in [-0.25, -0.2) is 9.28 Å². The van der Waals surface area contributed by atoms with Gasteiger partial charge >= 0.3 is 11.8 Å². The van der Waals surface area contributed by atoms with Crippen LogP contribution in [-0.4, -0.2) is 46.8 Å². The standard InChI is InChI=1S/C25H30N2O4/c28-23(26-20-11-3-1-4-12-20)25(30)27(16-7-8-17-27)24(29)19-10-9-15-22(18-19)31-21-13-5-2-6-14-21/h2,5-6,9-10,13-15,18,20,25,30H,1,3-4,7-8,11-12,16-17H2/p+1. The molecule has 1 saturated heterocycles. The first-order chi connectivity index (χ1) is 15.1. The molecule has 0 radical (unpaired) electrons. The zero-order valence-corrected chi connectivity index (χ0v) is 17.8. The zero-order chi connectivity index (χ0) is 21.7. The van der Waals surface area contributed by atoms with Crippen molar-refractivity contribution in [3.63, 3.8) is 0 Å². The van der Waals surface area contributed by atoms with Crippen molar-refractivity contribution < 1.29 is 23.9 Å². The number of aliphatic hydroxyl groups excluding tert-OH is 1. The van der Waals surface area contributed by atoms with Gasteiger partial charge < -0.3 is 15.2 Å². The molecule has 0 bridgehead atoms. The van der Waals surface area contributed by atoms with E-state index in [1.807, 2.05) is 30.3 Å². The second kappa shape index (κ2) is 9.62. The summed E-state index contributed by atoms with van der Waals surface area (Å²) in [6, 6.07) is 16.5. The molecule has 1 heterocycles. The number of likely N-dealkylation sites (tertiary alicyclic amines) is 1. The average molecular weight is 424 g/mol. The topological polar surface area (TPSA) is 75.6 Å². The van der Waals surface area contributed by atoms with Gasteiger partial charge in [-0.3, -0.25) is 4.79 Å². The van der Waals surface area contributed by atoms with Crippen LogP contribution in [0.2, 0.25) is 0 Å². The Hall–Kier alpha value is -2.70. The molecular formula is C25H31N2O4+. The fourth-order valence-corrected chi connectivity index (χ4v) is 4.78. The third-order valence-corrected chi connectivity index (χ3v) is 6.48. The molecule has 2 aromatic carbocycles. The minimum Gasteiger partial charge on any atom is -0.457 e. The summed E-state index contributed by atoms with van der Waals surface area (Å²) in [5.74, 6) is 0.570. The highest BCUT2D eigenvalue weighted by atomic mass is 16.5. The van der Waals surface area contributed by atoms with Gasteiger partial charge in [-0.05, 0) is 43.2 Å². The Morgan fingerprint density at radius 2 is 1.58 bits per heavy atom. The number of nitrogens with zero attached hydrogens (tertiary/aromatic N) is 1. The Bertz CT molecular complexity index is 903. The van der Waals surface area contributed by atoms with Gasteiger partial charge in [-0.2, -0.15) is 0 Å². The summed E-state index contributed by atoms with van der Waals surface area (Å²) in [6.45, 7) is 0.920. The molecule has 1 aliphatic heterocycles. The number of quaternary nitrogens is 1. The SMILES string of the molecule is O=C(NC1CCCCC1)C(O)[N+]1(C(=O)c2cccc(Oc3ccccc3)c2)CCCC1. The van der Waals surface area contributed by atoms with E-state index in [1.165, 1.54) is 6.42 Å². The molecule has 0 aromatic heterocycles. The van der Waals surface area contributed by atoms with Crippen LogP contribution in [0.4, 0.5) is 0 Å². The lowest BCUT2D eigenvalue weighted by molar-refractivity contribution is -0.875. The summed E-state index contributed by atoms with van der Waals surface area (Å²) >= 11 is 0. The lowest BCUT2D eigenvalue weighted by Crippen LogP contribution is -2.63. The Morgan fingerprint density at radius 1 is 0.903 bits per heavy atom. The van der Waals surface area contributed by atoms with Crippen molar-refractivity contribution in [1.29, 1.82) is 0 Å². The van der Waals surface area contributed by atoms with Crippen molar-refractivity contribution in [2.75, 3.05) is 13.1 Å². The van der Waals surface area contributed by atoms with Crippen LogP contribution >= 0.6 is 0 Å². The largest absolute Gasteiger partial charge is 0.457 e. The monoisotopic (exact) mass is 423 g/mol. The molecule has 6 nitrogen and oxygen atoms in total. The quantitative estimate of drug-likeness (QED) is 0.689. The highest BCUT2D eigenvalue weighted by Crippen LogP contribution is 2.29. The number of benzene rings is 2. The first-order valence-corrected chi connectivity index (χ1v) is 11.3. The van der Waals surface area contributed by atoms with E-state index in [0.29, 0.717) is 30.2 Å². The van der Waals surface area contributed by atoms with E-state index >= 15 is 0 Å². The van der Waals surface area contributed by atoms with Crippen LogP contribution in [0.1, 0.15) is 55.3 Å². The van der Waals surface area contributed by atoms with Crippen LogP contribution < -0.4 is 10.1 Å². The molecule has 164 valence electrons. The summed E-state index contributed by atoms with van der Waals surface area (Å²) in [4.78, 5) is 26.5. The van der Waals surface area contributed by atoms with E-state index in [1.54, 1.807) is 24.3 Å². The van der Waals surface area contributed by atoms with Crippen LogP contribution in [0.3, 0.4) is 0 Å². The number of carbonyl (C=O) groups is 2. The third-order valence-electron chi connectivity index (χ3n) is 6.48. The van der Waals surface area contributed by atoms with Crippen molar-refractivity contribution in [3.05, 3.63) is 60.2 Å². The smallest absolute Gasteiger partial charge is 0.348 e. The highest BCUT2D eigenvalue weighted by molar-refractivity contribution is 5.92. The minimum absolute atomic E-state index is 0.0938. The van der Waals surface area contributed by atoms with E-state index in [2.05, 4.69) is 5.32 Å². The summed E-state index contributed by atoms with van der Waals surface area (Å²) in [6.07, 6.45) is 5.46. The summed E-state index contributed by atoms with van der Waals surface area (Å²) in [7, 11) is 0. The molecule has 2 aliphatic rings.